The number of esters is 1. The Morgan fingerprint density at radius 2 is 2.36 bits per heavy atom. The van der Waals surface area contributed by atoms with Crippen LogP contribution < -0.4 is 5.73 Å². The standard InChI is InChI=1S/C5H9N2O2.HI.Pb/c1-9-5(8)3-2-4(6)7;;/h2-3H2,1H3,(H2-,6,7);1H;/q-1;;+2/p-1. The predicted octanol–water partition coefficient (Wildman–Crippen LogP) is 0.266. The maximum atomic E-state index is 10.6. The van der Waals surface area contributed by atoms with Gasteiger partial charge in [0.1, 0.15) is 0 Å². The van der Waals surface area contributed by atoms with Crippen molar-refractivity contribution in [3.8, 4) is 0 Å². The van der Waals surface area contributed by atoms with Gasteiger partial charge in [-0.05, 0) is 0 Å². The zero-order valence-electron chi connectivity index (χ0n) is 6.13. The van der Waals surface area contributed by atoms with Gasteiger partial charge in [0.2, 0.25) is 0 Å². The first-order valence-electron chi connectivity index (χ1n) is 2.95. The van der Waals surface area contributed by atoms with Crippen LogP contribution in [0.2, 0.25) is 0 Å². The third-order valence-corrected chi connectivity index (χ3v) is 4.56. The molecule has 0 aliphatic carbocycles. The quantitative estimate of drug-likeness (QED) is 0.214. The van der Waals surface area contributed by atoms with Crippen LogP contribution in [0.4, 0.5) is 0 Å². The van der Waals surface area contributed by atoms with Crippen molar-refractivity contribution in [1.29, 1.82) is 0 Å². The van der Waals surface area contributed by atoms with Crippen molar-refractivity contribution in [2.24, 2.45) is 8.54 Å². The van der Waals surface area contributed by atoms with Gasteiger partial charge < -0.3 is 0 Å². The molecule has 0 fully saturated rings. The van der Waals surface area contributed by atoms with Gasteiger partial charge in [-0.3, -0.25) is 0 Å². The van der Waals surface area contributed by atoms with E-state index < -0.39 is 20.2 Å². The summed E-state index contributed by atoms with van der Waals surface area (Å²) in [6.07, 6.45) is 0.870. The SMILES string of the molecule is COC(=O)CC/C(N)=[N]/[Pb][I]. The van der Waals surface area contributed by atoms with E-state index in [9.17, 15) is 4.79 Å². The van der Waals surface area contributed by atoms with Crippen LogP contribution in [0.1, 0.15) is 12.8 Å². The molecule has 0 aliphatic heterocycles. The van der Waals surface area contributed by atoms with Crippen LogP contribution in [0.25, 0.3) is 0 Å². The molecular weight excluding hydrogens is 454 g/mol. The average Bonchev–Trinajstić information content (AvgIpc) is 2.01. The van der Waals surface area contributed by atoms with E-state index >= 15 is 0 Å². The monoisotopic (exact) mass is 464 g/mol. The van der Waals surface area contributed by atoms with E-state index in [1.165, 1.54) is 7.11 Å². The molecule has 62 valence electrons. The second-order valence-corrected chi connectivity index (χ2v) is 7.52. The van der Waals surface area contributed by atoms with Gasteiger partial charge in [0.25, 0.3) is 0 Å². The molecular formula is C5H9IN2O2Pb. The number of ether oxygens (including phenoxy) is 1. The summed E-state index contributed by atoms with van der Waals surface area (Å²) in [4.78, 5) is 10.6. The molecule has 0 atom stereocenters. The number of rotatable bonds is 4. The van der Waals surface area contributed by atoms with Crippen LogP contribution in [0.3, 0.4) is 0 Å². The third-order valence-electron chi connectivity index (χ3n) is 0.999. The van der Waals surface area contributed by atoms with E-state index in [1.54, 1.807) is 0 Å². The van der Waals surface area contributed by atoms with Crippen LogP contribution >= 0.6 is 17.8 Å². The molecule has 0 aromatic rings. The zero-order chi connectivity index (χ0) is 8.69. The van der Waals surface area contributed by atoms with E-state index in [1.807, 2.05) is 0 Å². The fourth-order valence-corrected chi connectivity index (χ4v) is 4.02. The molecule has 0 saturated carbocycles. The number of amidine groups is 1. The van der Waals surface area contributed by atoms with Gasteiger partial charge in [-0.15, -0.1) is 0 Å². The van der Waals surface area contributed by atoms with Crippen molar-refractivity contribution < 1.29 is 9.53 Å². The normalized spacial score (nSPS) is 11.3. The Bertz CT molecular complexity index is 163. The van der Waals surface area contributed by atoms with Gasteiger partial charge in [-0.25, -0.2) is 0 Å². The van der Waals surface area contributed by atoms with Gasteiger partial charge in [0.05, 0.1) is 0 Å². The fourth-order valence-electron chi connectivity index (χ4n) is 0.442. The molecule has 4 nitrogen and oxygen atoms in total. The molecule has 2 N–H and O–H groups in total. The Labute approximate surface area is 87.0 Å². The molecule has 0 aliphatic rings. The van der Waals surface area contributed by atoms with Crippen molar-refractivity contribution >= 4 is 49.8 Å². The summed E-state index contributed by atoms with van der Waals surface area (Å²) < 4.78 is 8.54. The van der Waals surface area contributed by atoms with Crippen LogP contribution in [0.5, 0.6) is 0 Å². The minimum absolute atomic E-state index is 0.232. The first-order valence-corrected chi connectivity index (χ1v) is 15.6. The molecule has 0 amide bonds. The summed E-state index contributed by atoms with van der Waals surface area (Å²) in [5, 5.41) is 0. The maximum absolute atomic E-state index is 10.6. The van der Waals surface area contributed by atoms with E-state index in [0.29, 0.717) is 18.7 Å². The molecule has 0 rings (SSSR count). The summed E-state index contributed by atoms with van der Waals surface area (Å²) in [6.45, 7) is 0. The van der Waals surface area contributed by atoms with Crippen molar-refractivity contribution in [3.05, 3.63) is 0 Å². The average molecular weight is 463 g/mol. The van der Waals surface area contributed by atoms with Crippen LogP contribution in [-0.4, -0.2) is 39.2 Å². The number of methoxy groups -OCH3 is 1. The van der Waals surface area contributed by atoms with E-state index in [0.717, 1.165) is 0 Å². The van der Waals surface area contributed by atoms with Crippen LogP contribution in [0, 0.1) is 0 Å². The van der Waals surface area contributed by atoms with Crippen molar-refractivity contribution in [1.82, 2.24) is 0 Å². The molecule has 0 saturated heterocycles. The summed E-state index contributed by atoms with van der Waals surface area (Å²) in [6, 6.07) is 0. The summed E-state index contributed by atoms with van der Waals surface area (Å²) in [7, 11) is 1.37. The fraction of sp³-hybridized carbons (Fsp3) is 0.600. The molecule has 0 heterocycles. The Kier molecular flexibility index (Phi) is 7.64. The second kappa shape index (κ2) is 7.25. The molecule has 2 radical (unpaired) electrons. The molecule has 0 bridgehead atoms. The molecule has 6 heteroatoms. The molecule has 0 aromatic heterocycles. The van der Waals surface area contributed by atoms with Crippen LogP contribution in [0.15, 0.2) is 2.80 Å². The number of hydrogen-bond donors (Lipinski definition) is 1. The minimum atomic E-state index is -0.817. The van der Waals surface area contributed by atoms with Gasteiger partial charge in [-0.1, -0.05) is 0 Å². The Balaban J connectivity index is 3.53. The number of hydrogen-bond acceptors (Lipinski definition) is 3. The zero-order valence-corrected chi connectivity index (χ0v) is 12.2. The topological polar surface area (TPSA) is 64.7 Å². The van der Waals surface area contributed by atoms with Gasteiger partial charge in [-0.2, -0.15) is 0 Å². The van der Waals surface area contributed by atoms with Crippen molar-refractivity contribution in [2.75, 3.05) is 7.11 Å². The first-order chi connectivity index (χ1) is 5.20. The van der Waals surface area contributed by atoms with Gasteiger partial charge >= 0.3 is 87.8 Å². The molecule has 11 heavy (non-hydrogen) atoms. The van der Waals surface area contributed by atoms with Gasteiger partial charge in [0, 0.05) is 0 Å². The number of halogens is 1. The van der Waals surface area contributed by atoms with Crippen LogP contribution in [-0.2, 0) is 9.53 Å². The number of nitrogens with zero attached hydrogens (tertiary/aromatic N) is 1. The first kappa shape index (κ1) is 11.6. The van der Waals surface area contributed by atoms with E-state index in [4.69, 9.17) is 5.73 Å². The Morgan fingerprint density at radius 3 is 2.82 bits per heavy atom. The number of nitrogens with two attached hydrogens (primary N) is 1. The predicted molar refractivity (Wildman–Crippen MR) is 52.6 cm³/mol. The van der Waals surface area contributed by atoms with E-state index in [-0.39, 0.29) is 5.97 Å². The molecule has 0 spiro atoms. The Hall–Kier alpha value is 0.592. The second-order valence-electron chi connectivity index (χ2n) is 1.76. The molecule has 0 aromatic carbocycles. The summed E-state index contributed by atoms with van der Waals surface area (Å²) in [5.41, 5.74) is 5.47. The third kappa shape index (κ3) is 6.97. The van der Waals surface area contributed by atoms with E-state index in [2.05, 4.69) is 25.3 Å². The van der Waals surface area contributed by atoms with Crippen molar-refractivity contribution in [2.45, 2.75) is 12.8 Å². The Morgan fingerprint density at radius 1 is 1.73 bits per heavy atom. The summed E-state index contributed by atoms with van der Waals surface area (Å²) in [5.74, 6) is 0.359. The number of carbonyl (C=O) groups is 1. The number of carbonyl (C=O) groups excluding carboxylic acids is 1. The molecule has 0 unspecified atom stereocenters. The van der Waals surface area contributed by atoms with Crippen molar-refractivity contribution in [3.63, 3.8) is 0 Å². The van der Waals surface area contributed by atoms with Gasteiger partial charge in [0.15, 0.2) is 0 Å². The summed E-state index contributed by atoms with van der Waals surface area (Å²) >= 11 is 1.46.